The number of aromatic nitrogens is 1. The zero-order valence-corrected chi connectivity index (χ0v) is 13.4. The van der Waals surface area contributed by atoms with Crippen LogP contribution in [-0.4, -0.2) is 31.2 Å². The largest absolute Gasteiger partial charge is 0.313 e. The van der Waals surface area contributed by atoms with Crippen molar-refractivity contribution in [3.63, 3.8) is 0 Å². The minimum atomic E-state index is -3.39. The van der Waals surface area contributed by atoms with E-state index in [2.05, 4.69) is 15.0 Å². The molecule has 2 aromatic rings. The smallest absolute Gasteiger partial charge is 0.236 e. The zero-order valence-electron chi connectivity index (χ0n) is 11.8. The Bertz CT molecular complexity index is 680. The van der Waals surface area contributed by atoms with Crippen molar-refractivity contribution >= 4 is 37.3 Å². The van der Waals surface area contributed by atoms with Crippen LogP contribution in [0, 0.1) is 0 Å². The Labute approximate surface area is 123 Å². The predicted molar refractivity (Wildman–Crippen MR) is 84.8 cm³/mol. The summed E-state index contributed by atoms with van der Waals surface area (Å²) in [6.07, 6.45) is 0. The first-order valence-electron chi connectivity index (χ1n) is 6.47. The lowest BCUT2D eigenvalue weighted by Crippen LogP contribution is -2.37. The third-order valence-electron chi connectivity index (χ3n) is 2.93. The maximum Gasteiger partial charge on any atom is 0.236 e. The van der Waals surface area contributed by atoms with E-state index in [4.69, 9.17) is 0 Å². The molecule has 1 heterocycles. The summed E-state index contributed by atoms with van der Waals surface area (Å²) in [7, 11) is -3.39. The van der Waals surface area contributed by atoms with E-state index in [-0.39, 0.29) is 6.04 Å². The predicted octanol–water partition coefficient (Wildman–Crippen LogP) is 2.42. The van der Waals surface area contributed by atoms with Crippen LogP contribution in [0.2, 0.25) is 0 Å². The van der Waals surface area contributed by atoms with Crippen molar-refractivity contribution in [3.8, 4) is 0 Å². The minimum Gasteiger partial charge on any atom is -0.313 e. The highest BCUT2D eigenvalue weighted by molar-refractivity contribution is 7.93. The van der Waals surface area contributed by atoms with Gasteiger partial charge in [0.2, 0.25) is 10.0 Å². The summed E-state index contributed by atoms with van der Waals surface area (Å²) >= 11 is 1.49. The van der Waals surface area contributed by atoms with E-state index in [1.54, 1.807) is 18.5 Å². The second kappa shape index (κ2) is 6.07. The molecule has 0 fully saturated rings. The van der Waals surface area contributed by atoms with Gasteiger partial charge in [0.1, 0.15) is 0 Å². The Kier molecular flexibility index (Phi) is 4.62. The minimum absolute atomic E-state index is 0.265. The van der Waals surface area contributed by atoms with Crippen LogP contribution in [-0.2, 0) is 10.0 Å². The Morgan fingerprint density at radius 1 is 1.30 bits per heavy atom. The number of thiazole rings is 1. The third kappa shape index (κ3) is 3.68. The van der Waals surface area contributed by atoms with Crippen molar-refractivity contribution in [1.29, 1.82) is 0 Å². The monoisotopic (exact) mass is 313 g/mol. The van der Waals surface area contributed by atoms with Crippen LogP contribution in [0.1, 0.15) is 20.8 Å². The number of rotatable bonds is 6. The molecule has 7 heteroatoms. The fraction of sp³-hybridized carbons (Fsp3) is 0.462. The number of sulfonamides is 1. The SMILES string of the molecule is CC(C)NCC(C)S(=O)(=O)Nc1ccc2ncsc2c1. The number of anilines is 1. The highest BCUT2D eigenvalue weighted by atomic mass is 32.2. The standard InChI is InChI=1S/C13H19N3O2S2/c1-9(2)14-7-10(3)20(17,18)16-11-4-5-12-13(6-11)19-8-15-12/h4-6,8-10,14,16H,7H2,1-3H3. The highest BCUT2D eigenvalue weighted by Crippen LogP contribution is 2.22. The van der Waals surface area contributed by atoms with E-state index in [1.807, 2.05) is 26.0 Å². The molecule has 110 valence electrons. The molecule has 0 aliphatic heterocycles. The van der Waals surface area contributed by atoms with Gasteiger partial charge >= 0.3 is 0 Å². The van der Waals surface area contributed by atoms with Crippen LogP contribution in [0.3, 0.4) is 0 Å². The van der Waals surface area contributed by atoms with Crippen LogP contribution < -0.4 is 10.0 Å². The normalized spacial score (nSPS) is 13.8. The first-order chi connectivity index (χ1) is 9.38. The lowest BCUT2D eigenvalue weighted by Gasteiger charge is -2.17. The van der Waals surface area contributed by atoms with Crippen LogP contribution in [0.5, 0.6) is 0 Å². The van der Waals surface area contributed by atoms with Gasteiger partial charge in [-0.05, 0) is 25.1 Å². The molecule has 0 bridgehead atoms. The van der Waals surface area contributed by atoms with E-state index in [9.17, 15) is 8.42 Å². The second-order valence-corrected chi connectivity index (χ2v) is 8.04. The summed E-state index contributed by atoms with van der Waals surface area (Å²) in [5.41, 5.74) is 3.21. The average Bonchev–Trinajstić information content (AvgIpc) is 2.82. The fourth-order valence-corrected chi connectivity index (χ4v) is 3.38. The van der Waals surface area contributed by atoms with Crippen LogP contribution >= 0.6 is 11.3 Å². The third-order valence-corrected chi connectivity index (χ3v) is 5.47. The van der Waals surface area contributed by atoms with Crippen molar-refractivity contribution in [3.05, 3.63) is 23.7 Å². The van der Waals surface area contributed by atoms with E-state index in [0.717, 1.165) is 10.2 Å². The first kappa shape index (κ1) is 15.2. The molecule has 1 aromatic carbocycles. The zero-order chi connectivity index (χ0) is 14.8. The Morgan fingerprint density at radius 2 is 2.05 bits per heavy atom. The molecule has 0 aliphatic carbocycles. The lowest BCUT2D eigenvalue weighted by molar-refractivity contribution is 0.553. The molecule has 1 aromatic heterocycles. The molecule has 0 spiro atoms. The number of nitrogens with one attached hydrogen (secondary N) is 2. The first-order valence-corrected chi connectivity index (χ1v) is 8.89. The number of hydrogen-bond donors (Lipinski definition) is 2. The van der Waals surface area contributed by atoms with E-state index >= 15 is 0 Å². The van der Waals surface area contributed by atoms with Crippen molar-refractivity contribution in [2.75, 3.05) is 11.3 Å². The molecule has 0 saturated carbocycles. The molecular formula is C13H19N3O2S2. The van der Waals surface area contributed by atoms with E-state index in [0.29, 0.717) is 12.2 Å². The summed E-state index contributed by atoms with van der Waals surface area (Å²) < 4.78 is 28.1. The summed E-state index contributed by atoms with van der Waals surface area (Å²) in [4.78, 5) is 4.17. The van der Waals surface area contributed by atoms with E-state index < -0.39 is 15.3 Å². The lowest BCUT2D eigenvalue weighted by atomic mass is 10.3. The van der Waals surface area contributed by atoms with Gasteiger partial charge in [-0.1, -0.05) is 13.8 Å². The van der Waals surface area contributed by atoms with Crippen molar-refractivity contribution in [2.24, 2.45) is 0 Å². The van der Waals surface area contributed by atoms with Gasteiger partial charge in [0, 0.05) is 12.6 Å². The summed E-state index contributed by atoms with van der Waals surface area (Å²) in [5, 5.41) is 2.64. The summed E-state index contributed by atoms with van der Waals surface area (Å²) in [5.74, 6) is 0. The van der Waals surface area contributed by atoms with Gasteiger partial charge in [0.05, 0.1) is 26.7 Å². The molecule has 0 radical (unpaired) electrons. The number of hydrogen-bond acceptors (Lipinski definition) is 5. The van der Waals surface area contributed by atoms with Crippen LogP contribution in [0.4, 0.5) is 5.69 Å². The molecular weight excluding hydrogens is 294 g/mol. The van der Waals surface area contributed by atoms with Gasteiger partial charge in [-0.25, -0.2) is 13.4 Å². The summed E-state index contributed by atoms with van der Waals surface area (Å²) in [6, 6.07) is 5.64. The molecule has 0 aliphatic rings. The van der Waals surface area contributed by atoms with Gasteiger partial charge in [0.25, 0.3) is 0 Å². The summed E-state index contributed by atoms with van der Waals surface area (Å²) in [6.45, 7) is 6.10. The van der Waals surface area contributed by atoms with Crippen LogP contribution in [0.15, 0.2) is 23.7 Å². The Balaban J connectivity index is 2.10. The topological polar surface area (TPSA) is 71.1 Å². The molecule has 20 heavy (non-hydrogen) atoms. The maximum absolute atomic E-state index is 12.2. The van der Waals surface area contributed by atoms with Crippen LogP contribution in [0.25, 0.3) is 10.2 Å². The molecule has 5 nitrogen and oxygen atoms in total. The molecule has 1 atom stereocenters. The molecule has 2 N–H and O–H groups in total. The van der Waals surface area contributed by atoms with Crippen molar-refractivity contribution < 1.29 is 8.42 Å². The highest BCUT2D eigenvalue weighted by Gasteiger charge is 2.20. The van der Waals surface area contributed by atoms with Crippen molar-refractivity contribution in [1.82, 2.24) is 10.3 Å². The fourth-order valence-electron chi connectivity index (χ4n) is 1.69. The van der Waals surface area contributed by atoms with Gasteiger partial charge in [-0.15, -0.1) is 11.3 Å². The van der Waals surface area contributed by atoms with Gasteiger partial charge in [-0.3, -0.25) is 4.72 Å². The van der Waals surface area contributed by atoms with Gasteiger partial charge in [-0.2, -0.15) is 0 Å². The van der Waals surface area contributed by atoms with Gasteiger partial charge in [0.15, 0.2) is 0 Å². The number of nitrogens with zero attached hydrogens (tertiary/aromatic N) is 1. The number of benzene rings is 1. The van der Waals surface area contributed by atoms with Gasteiger partial charge < -0.3 is 5.32 Å². The maximum atomic E-state index is 12.2. The number of fused-ring (bicyclic) bond motifs is 1. The Morgan fingerprint density at radius 3 is 2.75 bits per heavy atom. The second-order valence-electron chi connectivity index (χ2n) is 5.06. The average molecular weight is 313 g/mol. The Hall–Kier alpha value is -1.18. The molecule has 2 rings (SSSR count). The molecule has 1 unspecified atom stereocenters. The van der Waals surface area contributed by atoms with Crippen molar-refractivity contribution in [2.45, 2.75) is 32.1 Å². The quantitative estimate of drug-likeness (QED) is 0.859. The van der Waals surface area contributed by atoms with E-state index in [1.165, 1.54) is 11.3 Å². The molecule has 0 saturated heterocycles. The molecule has 0 amide bonds.